The number of aryl methyl sites for hydroxylation is 2. The van der Waals surface area contributed by atoms with Gasteiger partial charge in [-0.2, -0.15) is 0 Å². The lowest BCUT2D eigenvalue weighted by molar-refractivity contribution is -0.137. The van der Waals surface area contributed by atoms with Crippen LogP contribution in [0.2, 0.25) is 0 Å². The van der Waals surface area contributed by atoms with Crippen LogP contribution in [-0.4, -0.2) is 54.9 Å². The second kappa shape index (κ2) is 16.1. The van der Waals surface area contributed by atoms with Gasteiger partial charge in [-0.3, -0.25) is 14.5 Å². The number of amides is 2. The Bertz CT molecular complexity index is 1610. The molecule has 0 radical (unpaired) electrons. The number of piperazine rings is 1. The van der Waals surface area contributed by atoms with Crippen LogP contribution in [0.25, 0.3) is 6.08 Å². The Morgan fingerprint density at radius 3 is 2.04 bits per heavy atom. The summed E-state index contributed by atoms with van der Waals surface area (Å²) >= 11 is 0. The summed E-state index contributed by atoms with van der Waals surface area (Å²) in [5, 5.41) is 3.14. The van der Waals surface area contributed by atoms with E-state index in [9.17, 15) is 9.59 Å². The van der Waals surface area contributed by atoms with E-state index < -0.39 is 5.92 Å². The zero-order chi connectivity index (χ0) is 32.3. The average molecular weight is 616 g/mol. The second-order valence-electron chi connectivity index (χ2n) is 12.0. The van der Waals surface area contributed by atoms with Crippen molar-refractivity contribution in [2.45, 2.75) is 39.8 Å². The minimum atomic E-state index is -0.645. The van der Waals surface area contributed by atoms with Crippen molar-refractivity contribution >= 4 is 17.9 Å². The Morgan fingerprint density at radius 1 is 0.804 bits per heavy atom. The number of carbonyl (C=O) groups excluding carboxylic acids is 2. The highest BCUT2D eigenvalue weighted by Crippen LogP contribution is 2.27. The zero-order valence-corrected chi connectivity index (χ0v) is 27.2. The Balaban J connectivity index is 1.43. The highest BCUT2D eigenvalue weighted by Gasteiger charge is 2.33. The lowest BCUT2D eigenvalue weighted by atomic mass is 9.88. The van der Waals surface area contributed by atoms with E-state index in [1.807, 2.05) is 72.5 Å². The lowest BCUT2D eigenvalue weighted by Gasteiger charge is -2.37. The van der Waals surface area contributed by atoms with Crippen LogP contribution in [0.4, 0.5) is 0 Å². The predicted molar refractivity (Wildman–Crippen MR) is 185 cm³/mol. The van der Waals surface area contributed by atoms with Crippen LogP contribution in [0.3, 0.4) is 0 Å². The van der Waals surface area contributed by atoms with Gasteiger partial charge in [0, 0.05) is 44.8 Å². The third-order valence-electron chi connectivity index (χ3n) is 8.78. The Morgan fingerprint density at radius 2 is 1.43 bits per heavy atom. The summed E-state index contributed by atoms with van der Waals surface area (Å²) in [6, 6.07) is 34.6. The molecule has 1 aliphatic rings. The van der Waals surface area contributed by atoms with Gasteiger partial charge in [0.1, 0.15) is 5.75 Å². The standard InChI is InChI=1S/C40H45N3O3/c1-4-31-15-17-33(18-16-31)28-41-39(44)36(27-35-19-20-38(46-3)30(2)25-35)37(26-32-11-7-5-8-12-32)40(45)43-23-21-42(22-24-43)29-34-13-9-6-10-14-34/h5-20,25,27,37H,4,21-24,26,28-29H2,1-3H3,(H,41,44)/t37-/m0/s1. The van der Waals surface area contributed by atoms with Crippen LogP contribution in [0.15, 0.2) is 109 Å². The number of nitrogens with one attached hydrogen (secondary N) is 1. The number of ether oxygens (including phenoxy) is 1. The van der Waals surface area contributed by atoms with Gasteiger partial charge >= 0.3 is 0 Å². The molecule has 238 valence electrons. The van der Waals surface area contributed by atoms with Crippen molar-refractivity contribution in [2.75, 3.05) is 33.3 Å². The summed E-state index contributed by atoms with van der Waals surface area (Å²) in [6.07, 6.45) is 3.28. The molecule has 0 aromatic heterocycles. The molecule has 1 atom stereocenters. The monoisotopic (exact) mass is 615 g/mol. The summed E-state index contributed by atoms with van der Waals surface area (Å²) in [4.78, 5) is 33.0. The number of benzene rings is 4. The molecule has 6 heteroatoms. The summed E-state index contributed by atoms with van der Waals surface area (Å²) in [7, 11) is 1.65. The lowest BCUT2D eigenvalue weighted by Crippen LogP contribution is -2.51. The third kappa shape index (κ3) is 8.73. The molecule has 4 aromatic rings. The van der Waals surface area contributed by atoms with Gasteiger partial charge in [-0.25, -0.2) is 0 Å². The van der Waals surface area contributed by atoms with Crippen molar-refractivity contribution in [3.8, 4) is 5.75 Å². The summed E-state index contributed by atoms with van der Waals surface area (Å²) in [5.74, 6) is -0.107. The SMILES string of the molecule is CCc1ccc(CNC(=O)C(=Cc2ccc(OC)c(C)c2)[C@H](Cc2ccccc2)C(=O)N2CCN(Cc3ccccc3)CC2)cc1. The molecular weight excluding hydrogens is 570 g/mol. The summed E-state index contributed by atoms with van der Waals surface area (Å²) in [5.41, 5.74) is 6.85. The first-order chi connectivity index (χ1) is 22.4. The van der Waals surface area contributed by atoms with Crippen LogP contribution >= 0.6 is 0 Å². The van der Waals surface area contributed by atoms with E-state index in [0.717, 1.165) is 54.1 Å². The highest BCUT2D eigenvalue weighted by atomic mass is 16.5. The van der Waals surface area contributed by atoms with E-state index in [1.54, 1.807) is 7.11 Å². The van der Waals surface area contributed by atoms with Crippen LogP contribution in [0.5, 0.6) is 5.75 Å². The summed E-state index contributed by atoms with van der Waals surface area (Å²) < 4.78 is 5.48. The number of hydrogen-bond donors (Lipinski definition) is 1. The van der Waals surface area contributed by atoms with E-state index in [0.29, 0.717) is 31.6 Å². The van der Waals surface area contributed by atoms with E-state index in [1.165, 1.54) is 11.1 Å². The van der Waals surface area contributed by atoms with E-state index >= 15 is 0 Å². The van der Waals surface area contributed by atoms with Gasteiger partial charge in [0.15, 0.2) is 0 Å². The molecule has 0 saturated carbocycles. The zero-order valence-electron chi connectivity index (χ0n) is 27.2. The molecule has 0 spiro atoms. The third-order valence-corrected chi connectivity index (χ3v) is 8.78. The Hall–Kier alpha value is -4.68. The molecule has 5 rings (SSSR count). The average Bonchev–Trinajstić information content (AvgIpc) is 3.10. The fourth-order valence-electron chi connectivity index (χ4n) is 6.04. The largest absolute Gasteiger partial charge is 0.496 e. The van der Waals surface area contributed by atoms with Crippen molar-refractivity contribution in [3.63, 3.8) is 0 Å². The topological polar surface area (TPSA) is 61.9 Å². The van der Waals surface area contributed by atoms with Gasteiger partial charge in [0.2, 0.25) is 11.8 Å². The molecule has 1 saturated heterocycles. The van der Waals surface area contributed by atoms with Gasteiger partial charge in [0.25, 0.3) is 0 Å². The molecule has 2 amide bonds. The fraction of sp³-hybridized carbons (Fsp3) is 0.300. The highest BCUT2D eigenvalue weighted by molar-refractivity contribution is 6.04. The molecule has 0 aliphatic carbocycles. The van der Waals surface area contributed by atoms with Crippen molar-refractivity contribution in [1.82, 2.24) is 15.1 Å². The van der Waals surface area contributed by atoms with Crippen LogP contribution in [0.1, 0.15) is 40.3 Å². The van der Waals surface area contributed by atoms with Crippen LogP contribution < -0.4 is 10.1 Å². The number of rotatable bonds is 12. The Kier molecular flexibility index (Phi) is 11.4. The fourth-order valence-corrected chi connectivity index (χ4v) is 6.04. The first-order valence-corrected chi connectivity index (χ1v) is 16.2. The molecule has 46 heavy (non-hydrogen) atoms. The van der Waals surface area contributed by atoms with Gasteiger partial charge < -0.3 is 15.0 Å². The quantitative estimate of drug-likeness (QED) is 0.186. The van der Waals surface area contributed by atoms with Gasteiger partial charge in [-0.15, -0.1) is 0 Å². The number of carbonyl (C=O) groups is 2. The molecule has 0 bridgehead atoms. The summed E-state index contributed by atoms with van der Waals surface area (Å²) in [6.45, 7) is 8.17. The first-order valence-electron chi connectivity index (χ1n) is 16.2. The number of hydrogen-bond acceptors (Lipinski definition) is 4. The predicted octanol–water partition coefficient (Wildman–Crippen LogP) is 6.47. The Labute approximate surface area is 273 Å². The smallest absolute Gasteiger partial charge is 0.248 e. The van der Waals surface area contributed by atoms with Crippen molar-refractivity contribution in [2.24, 2.45) is 5.92 Å². The molecule has 1 fully saturated rings. The van der Waals surface area contributed by atoms with Crippen LogP contribution in [0, 0.1) is 12.8 Å². The van der Waals surface area contributed by atoms with E-state index in [2.05, 4.69) is 65.7 Å². The van der Waals surface area contributed by atoms with Gasteiger partial charge in [-0.05, 0) is 71.4 Å². The van der Waals surface area contributed by atoms with Crippen molar-refractivity contribution < 1.29 is 14.3 Å². The van der Waals surface area contributed by atoms with Crippen molar-refractivity contribution in [3.05, 3.63) is 142 Å². The maximum atomic E-state index is 14.5. The van der Waals surface area contributed by atoms with Crippen molar-refractivity contribution in [1.29, 1.82) is 0 Å². The maximum absolute atomic E-state index is 14.5. The van der Waals surface area contributed by atoms with Gasteiger partial charge in [0.05, 0.1) is 13.0 Å². The minimum absolute atomic E-state index is 0.0119. The molecule has 6 nitrogen and oxygen atoms in total. The molecule has 1 aliphatic heterocycles. The van der Waals surface area contributed by atoms with Gasteiger partial charge in [-0.1, -0.05) is 97.9 Å². The molecule has 1 heterocycles. The van der Waals surface area contributed by atoms with Crippen LogP contribution in [-0.2, 0) is 35.5 Å². The minimum Gasteiger partial charge on any atom is -0.496 e. The second-order valence-corrected chi connectivity index (χ2v) is 12.0. The first kappa shape index (κ1) is 32.7. The van der Waals surface area contributed by atoms with E-state index in [4.69, 9.17) is 4.74 Å². The normalized spacial score (nSPS) is 14.5. The molecule has 0 unspecified atom stereocenters. The maximum Gasteiger partial charge on any atom is 0.248 e. The molecule has 4 aromatic carbocycles. The molecule has 1 N–H and O–H groups in total. The van der Waals surface area contributed by atoms with E-state index in [-0.39, 0.29) is 11.8 Å². The number of methoxy groups -OCH3 is 1. The number of nitrogens with zero attached hydrogens (tertiary/aromatic N) is 2. The molecular formula is C40H45N3O3.